The van der Waals surface area contributed by atoms with Crippen molar-refractivity contribution in [2.24, 2.45) is 7.05 Å². The monoisotopic (exact) mass is 335 g/mol. The minimum Gasteiger partial charge on any atom is -0.351 e. The Kier molecular flexibility index (Phi) is 3.55. The lowest BCUT2D eigenvalue weighted by atomic mass is 10.1. The number of hydrogen-bond acceptors (Lipinski definition) is 5. The second kappa shape index (κ2) is 5.86. The van der Waals surface area contributed by atoms with Crippen molar-refractivity contribution in [1.29, 1.82) is 0 Å². The van der Waals surface area contributed by atoms with E-state index in [1.165, 1.54) is 11.3 Å². The Hall–Kier alpha value is -3.06. The average Bonchev–Trinajstić information content (AvgIpc) is 3.23. The van der Waals surface area contributed by atoms with Gasteiger partial charge in [-0.15, -0.1) is 10.2 Å². The zero-order chi connectivity index (χ0) is 16.5. The standard InChI is InChI=1S/C17H13N5OS/c1-22-10-8-11-12(5-4-7-14(11)22)15(23)19-17-21-20-16(24-17)13-6-2-3-9-18-13/h2-10H,1H3,(H,19,21,23). The number of benzene rings is 1. The fraction of sp³-hybridized carbons (Fsp3) is 0.0588. The van der Waals surface area contributed by atoms with E-state index in [4.69, 9.17) is 0 Å². The van der Waals surface area contributed by atoms with Crippen LogP contribution in [0, 0.1) is 0 Å². The van der Waals surface area contributed by atoms with Crippen molar-refractivity contribution in [3.05, 3.63) is 60.4 Å². The van der Waals surface area contributed by atoms with E-state index in [2.05, 4.69) is 20.5 Å². The van der Waals surface area contributed by atoms with Crippen LogP contribution >= 0.6 is 11.3 Å². The lowest BCUT2D eigenvalue weighted by Crippen LogP contribution is -2.12. The number of aromatic nitrogens is 4. The molecule has 0 saturated heterocycles. The molecule has 0 saturated carbocycles. The molecule has 0 atom stereocenters. The summed E-state index contributed by atoms with van der Waals surface area (Å²) in [5.74, 6) is -0.199. The third-order valence-corrected chi connectivity index (χ3v) is 4.56. The number of aryl methyl sites for hydroxylation is 1. The van der Waals surface area contributed by atoms with Gasteiger partial charge in [0.2, 0.25) is 5.13 Å². The van der Waals surface area contributed by atoms with Gasteiger partial charge in [-0.3, -0.25) is 15.1 Å². The van der Waals surface area contributed by atoms with E-state index in [0.29, 0.717) is 15.7 Å². The lowest BCUT2D eigenvalue weighted by Gasteiger charge is -2.03. The zero-order valence-electron chi connectivity index (χ0n) is 12.8. The van der Waals surface area contributed by atoms with Crippen molar-refractivity contribution in [3.8, 4) is 10.7 Å². The summed E-state index contributed by atoms with van der Waals surface area (Å²) in [6.45, 7) is 0. The van der Waals surface area contributed by atoms with Crippen molar-refractivity contribution in [2.45, 2.75) is 0 Å². The molecule has 0 spiro atoms. The predicted octanol–water partition coefficient (Wildman–Crippen LogP) is 3.34. The number of hydrogen-bond donors (Lipinski definition) is 1. The third-order valence-electron chi connectivity index (χ3n) is 3.70. The number of rotatable bonds is 3. The Bertz CT molecular complexity index is 1020. The van der Waals surface area contributed by atoms with Crippen LogP contribution in [0.1, 0.15) is 10.4 Å². The first-order valence-electron chi connectivity index (χ1n) is 7.33. The van der Waals surface area contributed by atoms with Crippen molar-refractivity contribution >= 4 is 33.3 Å². The summed E-state index contributed by atoms with van der Waals surface area (Å²) in [6.07, 6.45) is 3.64. The van der Waals surface area contributed by atoms with Crippen LogP contribution in [0.5, 0.6) is 0 Å². The predicted molar refractivity (Wildman–Crippen MR) is 94.0 cm³/mol. The van der Waals surface area contributed by atoms with E-state index in [1.54, 1.807) is 12.3 Å². The molecular formula is C17H13N5OS. The Labute approximate surface area is 141 Å². The van der Waals surface area contributed by atoms with Gasteiger partial charge in [-0.25, -0.2) is 0 Å². The zero-order valence-corrected chi connectivity index (χ0v) is 13.6. The Morgan fingerprint density at radius 3 is 2.88 bits per heavy atom. The van der Waals surface area contributed by atoms with E-state index in [1.807, 2.05) is 54.2 Å². The number of pyridine rings is 1. The molecule has 0 fully saturated rings. The SMILES string of the molecule is Cn1ccc2c(C(=O)Nc3nnc(-c4ccccn4)s3)cccc21. The van der Waals surface area contributed by atoms with Gasteiger partial charge in [-0.2, -0.15) is 0 Å². The van der Waals surface area contributed by atoms with Crippen LogP contribution in [0.25, 0.3) is 21.6 Å². The largest absolute Gasteiger partial charge is 0.351 e. The topological polar surface area (TPSA) is 72.7 Å². The minimum absolute atomic E-state index is 0.199. The van der Waals surface area contributed by atoms with Crippen LogP contribution < -0.4 is 5.32 Å². The molecule has 4 rings (SSSR count). The number of amides is 1. The van der Waals surface area contributed by atoms with Crippen molar-refractivity contribution < 1.29 is 4.79 Å². The number of carbonyl (C=O) groups excluding carboxylic acids is 1. The highest BCUT2D eigenvalue weighted by atomic mass is 32.1. The molecule has 0 aliphatic rings. The number of nitrogens with zero attached hydrogens (tertiary/aromatic N) is 4. The smallest absolute Gasteiger partial charge is 0.258 e. The summed E-state index contributed by atoms with van der Waals surface area (Å²) >= 11 is 1.30. The number of fused-ring (bicyclic) bond motifs is 1. The minimum atomic E-state index is -0.199. The third kappa shape index (κ3) is 2.55. The molecule has 0 aliphatic carbocycles. The Morgan fingerprint density at radius 1 is 1.12 bits per heavy atom. The highest BCUT2D eigenvalue weighted by Crippen LogP contribution is 2.26. The van der Waals surface area contributed by atoms with Crippen LogP contribution in [-0.2, 0) is 7.05 Å². The number of nitrogens with one attached hydrogen (secondary N) is 1. The van der Waals surface area contributed by atoms with Gasteiger partial charge in [-0.05, 0) is 30.3 Å². The first-order valence-corrected chi connectivity index (χ1v) is 8.14. The fourth-order valence-electron chi connectivity index (χ4n) is 2.53. The average molecular weight is 335 g/mol. The molecule has 3 aromatic heterocycles. The highest BCUT2D eigenvalue weighted by Gasteiger charge is 2.14. The number of anilines is 1. The van der Waals surface area contributed by atoms with Gasteiger partial charge in [0.15, 0.2) is 5.01 Å². The van der Waals surface area contributed by atoms with Gasteiger partial charge in [0.1, 0.15) is 5.69 Å². The first-order chi connectivity index (χ1) is 11.7. The number of carbonyl (C=O) groups is 1. The van der Waals surface area contributed by atoms with Gasteiger partial charge < -0.3 is 4.57 Å². The molecule has 4 aromatic rings. The van der Waals surface area contributed by atoms with E-state index in [-0.39, 0.29) is 5.91 Å². The van der Waals surface area contributed by atoms with Crippen molar-refractivity contribution in [3.63, 3.8) is 0 Å². The molecule has 0 unspecified atom stereocenters. The summed E-state index contributed by atoms with van der Waals surface area (Å²) in [5, 5.41) is 13.0. The van der Waals surface area contributed by atoms with Crippen LogP contribution in [0.3, 0.4) is 0 Å². The van der Waals surface area contributed by atoms with Gasteiger partial charge in [-0.1, -0.05) is 23.5 Å². The Morgan fingerprint density at radius 2 is 2.04 bits per heavy atom. The molecule has 24 heavy (non-hydrogen) atoms. The van der Waals surface area contributed by atoms with Crippen molar-refractivity contribution in [1.82, 2.24) is 19.7 Å². The van der Waals surface area contributed by atoms with E-state index >= 15 is 0 Å². The van der Waals surface area contributed by atoms with Crippen LogP contribution in [0.15, 0.2) is 54.9 Å². The quantitative estimate of drug-likeness (QED) is 0.623. The molecule has 7 heteroatoms. The molecule has 1 amide bonds. The van der Waals surface area contributed by atoms with E-state index in [0.717, 1.165) is 16.6 Å². The Balaban J connectivity index is 1.61. The van der Waals surface area contributed by atoms with Gasteiger partial charge in [0, 0.05) is 35.9 Å². The molecule has 0 aliphatic heterocycles. The molecule has 6 nitrogen and oxygen atoms in total. The summed E-state index contributed by atoms with van der Waals surface area (Å²) < 4.78 is 1.98. The molecule has 3 heterocycles. The molecule has 1 N–H and O–H groups in total. The second-order valence-electron chi connectivity index (χ2n) is 5.25. The van der Waals surface area contributed by atoms with E-state index in [9.17, 15) is 4.79 Å². The lowest BCUT2D eigenvalue weighted by molar-refractivity contribution is 0.102. The summed E-state index contributed by atoms with van der Waals surface area (Å²) in [4.78, 5) is 16.8. The molecular weight excluding hydrogens is 322 g/mol. The molecule has 0 bridgehead atoms. The normalized spacial score (nSPS) is 10.9. The van der Waals surface area contributed by atoms with Crippen LogP contribution in [0.2, 0.25) is 0 Å². The maximum absolute atomic E-state index is 12.6. The summed E-state index contributed by atoms with van der Waals surface area (Å²) in [6, 6.07) is 13.2. The van der Waals surface area contributed by atoms with Gasteiger partial charge in [0.05, 0.1) is 0 Å². The molecule has 1 aromatic carbocycles. The van der Waals surface area contributed by atoms with Gasteiger partial charge in [0.25, 0.3) is 5.91 Å². The maximum atomic E-state index is 12.6. The second-order valence-corrected chi connectivity index (χ2v) is 6.22. The van der Waals surface area contributed by atoms with Crippen LogP contribution in [0.4, 0.5) is 5.13 Å². The molecule has 118 valence electrons. The van der Waals surface area contributed by atoms with Gasteiger partial charge >= 0.3 is 0 Å². The maximum Gasteiger partial charge on any atom is 0.258 e. The fourth-order valence-corrected chi connectivity index (χ4v) is 3.25. The molecule has 0 radical (unpaired) electrons. The van der Waals surface area contributed by atoms with E-state index < -0.39 is 0 Å². The van der Waals surface area contributed by atoms with Crippen LogP contribution in [-0.4, -0.2) is 25.7 Å². The van der Waals surface area contributed by atoms with Crippen molar-refractivity contribution in [2.75, 3.05) is 5.32 Å². The highest BCUT2D eigenvalue weighted by molar-refractivity contribution is 7.18. The summed E-state index contributed by atoms with van der Waals surface area (Å²) in [5.41, 5.74) is 2.36. The summed E-state index contributed by atoms with van der Waals surface area (Å²) in [7, 11) is 1.95. The first kappa shape index (κ1) is 14.5.